The minimum absolute atomic E-state index is 0.105. The molecule has 1 heterocycles. The number of halogens is 1. The fourth-order valence-electron chi connectivity index (χ4n) is 2.32. The fraction of sp³-hybridized carbons (Fsp3) is 0.133. The Morgan fingerprint density at radius 3 is 2.70 bits per heavy atom. The van der Waals surface area contributed by atoms with Crippen LogP contribution >= 0.6 is 15.9 Å². The average Bonchev–Trinajstić information content (AvgIpc) is 2.77. The van der Waals surface area contributed by atoms with Crippen molar-refractivity contribution in [2.45, 2.75) is 12.5 Å². The standard InChI is InChI=1S/C15H14BrN3O/c16-11-3-1-2-9(6-11)7-12(17)10-4-5-13-14(8-10)19-15(20)18-13/h1-6,8,12H,7,17H2,(H2,18,19,20). The van der Waals surface area contributed by atoms with Gasteiger partial charge in [-0.3, -0.25) is 0 Å². The van der Waals surface area contributed by atoms with E-state index in [9.17, 15) is 4.79 Å². The van der Waals surface area contributed by atoms with E-state index in [-0.39, 0.29) is 11.7 Å². The van der Waals surface area contributed by atoms with Crippen LogP contribution < -0.4 is 11.4 Å². The van der Waals surface area contributed by atoms with Crippen molar-refractivity contribution in [2.24, 2.45) is 5.73 Å². The number of benzene rings is 2. The number of nitrogens with two attached hydrogens (primary N) is 1. The number of H-pyrrole nitrogens is 2. The Balaban J connectivity index is 1.88. The highest BCUT2D eigenvalue weighted by Crippen LogP contribution is 2.21. The molecule has 0 fully saturated rings. The lowest BCUT2D eigenvalue weighted by Crippen LogP contribution is -2.13. The van der Waals surface area contributed by atoms with E-state index in [1.807, 2.05) is 30.3 Å². The molecule has 0 radical (unpaired) electrons. The monoisotopic (exact) mass is 331 g/mol. The van der Waals surface area contributed by atoms with Crippen LogP contribution in [0.4, 0.5) is 0 Å². The Morgan fingerprint density at radius 1 is 1.10 bits per heavy atom. The van der Waals surface area contributed by atoms with Crippen LogP contribution in [0.2, 0.25) is 0 Å². The topological polar surface area (TPSA) is 74.7 Å². The Morgan fingerprint density at radius 2 is 1.90 bits per heavy atom. The second-order valence-corrected chi connectivity index (χ2v) is 5.74. The van der Waals surface area contributed by atoms with Crippen LogP contribution in [0.15, 0.2) is 51.7 Å². The van der Waals surface area contributed by atoms with Gasteiger partial charge in [0.1, 0.15) is 0 Å². The molecule has 20 heavy (non-hydrogen) atoms. The number of nitrogens with one attached hydrogen (secondary N) is 2. The summed E-state index contributed by atoms with van der Waals surface area (Å²) in [6.45, 7) is 0. The SMILES string of the molecule is NC(Cc1cccc(Br)c1)c1ccc2[nH]c(=O)[nH]c2c1. The van der Waals surface area contributed by atoms with Gasteiger partial charge in [0.05, 0.1) is 11.0 Å². The number of aromatic nitrogens is 2. The Kier molecular flexibility index (Phi) is 3.46. The maximum absolute atomic E-state index is 11.3. The van der Waals surface area contributed by atoms with Crippen molar-refractivity contribution < 1.29 is 0 Å². The summed E-state index contributed by atoms with van der Waals surface area (Å²) in [6.07, 6.45) is 0.750. The molecule has 0 aliphatic carbocycles. The summed E-state index contributed by atoms with van der Waals surface area (Å²) in [5.74, 6) is 0. The molecule has 2 aromatic carbocycles. The summed E-state index contributed by atoms with van der Waals surface area (Å²) >= 11 is 3.46. The van der Waals surface area contributed by atoms with E-state index in [0.29, 0.717) is 0 Å². The molecule has 0 saturated carbocycles. The van der Waals surface area contributed by atoms with E-state index in [2.05, 4.69) is 38.0 Å². The van der Waals surface area contributed by atoms with Crippen LogP contribution in [0.25, 0.3) is 11.0 Å². The van der Waals surface area contributed by atoms with Crippen molar-refractivity contribution in [3.05, 3.63) is 68.5 Å². The van der Waals surface area contributed by atoms with E-state index in [1.54, 1.807) is 0 Å². The van der Waals surface area contributed by atoms with Gasteiger partial charge in [-0.2, -0.15) is 0 Å². The van der Waals surface area contributed by atoms with E-state index >= 15 is 0 Å². The van der Waals surface area contributed by atoms with Gasteiger partial charge in [0.25, 0.3) is 0 Å². The molecule has 0 aliphatic heterocycles. The molecule has 0 aliphatic rings. The van der Waals surface area contributed by atoms with Gasteiger partial charge in [0, 0.05) is 10.5 Å². The zero-order chi connectivity index (χ0) is 14.1. The van der Waals surface area contributed by atoms with E-state index in [4.69, 9.17) is 5.73 Å². The van der Waals surface area contributed by atoms with Gasteiger partial charge in [-0.1, -0.05) is 34.1 Å². The molecular formula is C15H14BrN3O. The Labute approximate surface area is 124 Å². The van der Waals surface area contributed by atoms with Gasteiger partial charge < -0.3 is 15.7 Å². The first-order valence-electron chi connectivity index (χ1n) is 6.34. The molecule has 4 nitrogen and oxygen atoms in total. The largest absolute Gasteiger partial charge is 0.324 e. The zero-order valence-electron chi connectivity index (χ0n) is 10.7. The number of aromatic amines is 2. The third-order valence-corrected chi connectivity index (χ3v) is 3.81. The first-order valence-corrected chi connectivity index (χ1v) is 7.13. The van der Waals surface area contributed by atoms with Crippen LogP contribution in [0, 0.1) is 0 Å². The lowest BCUT2D eigenvalue weighted by Gasteiger charge is -2.12. The summed E-state index contributed by atoms with van der Waals surface area (Å²) in [6, 6.07) is 13.8. The van der Waals surface area contributed by atoms with E-state index in [1.165, 1.54) is 5.56 Å². The molecule has 3 rings (SSSR count). The van der Waals surface area contributed by atoms with Crippen LogP contribution in [0.5, 0.6) is 0 Å². The average molecular weight is 332 g/mol. The first-order chi connectivity index (χ1) is 9.61. The maximum atomic E-state index is 11.3. The molecule has 0 saturated heterocycles. The van der Waals surface area contributed by atoms with E-state index in [0.717, 1.165) is 27.5 Å². The van der Waals surface area contributed by atoms with Gasteiger partial charge >= 0.3 is 5.69 Å². The van der Waals surface area contributed by atoms with Crippen molar-refractivity contribution in [1.29, 1.82) is 0 Å². The van der Waals surface area contributed by atoms with Gasteiger partial charge in [-0.05, 0) is 41.8 Å². The normalized spacial score (nSPS) is 12.7. The summed E-state index contributed by atoms with van der Waals surface area (Å²) in [5, 5.41) is 0. The molecule has 102 valence electrons. The molecule has 1 unspecified atom stereocenters. The summed E-state index contributed by atoms with van der Waals surface area (Å²) < 4.78 is 1.05. The second kappa shape index (κ2) is 5.26. The maximum Gasteiger partial charge on any atom is 0.323 e. The van der Waals surface area contributed by atoms with Gasteiger partial charge in [0.2, 0.25) is 0 Å². The number of imidazole rings is 1. The van der Waals surface area contributed by atoms with Crippen LogP contribution in [0.3, 0.4) is 0 Å². The predicted molar refractivity (Wildman–Crippen MR) is 83.7 cm³/mol. The van der Waals surface area contributed by atoms with Crippen LogP contribution in [0.1, 0.15) is 17.2 Å². The smallest absolute Gasteiger partial charge is 0.323 e. The quantitative estimate of drug-likeness (QED) is 0.690. The highest BCUT2D eigenvalue weighted by atomic mass is 79.9. The fourth-order valence-corrected chi connectivity index (χ4v) is 2.76. The zero-order valence-corrected chi connectivity index (χ0v) is 12.3. The highest BCUT2D eigenvalue weighted by Gasteiger charge is 2.09. The molecular weight excluding hydrogens is 318 g/mol. The molecule has 5 heteroatoms. The third kappa shape index (κ3) is 2.69. The summed E-state index contributed by atoms with van der Waals surface area (Å²) in [5.41, 5.74) is 9.83. The number of hydrogen-bond acceptors (Lipinski definition) is 2. The third-order valence-electron chi connectivity index (χ3n) is 3.31. The molecule has 1 atom stereocenters. The lowest BCUT2D eigenvalue weighted by molar-refractivity contribution is 0.722. The van der Waals surface area contributed by atoms with Crippen LogP contribution in [-0.2, 0) is 6.42 Å². The summed E-state index contributed by atoms with van der Waals surface area (Å²) in [7, 11) is 0. The molecule has 0 spiro atoms. The van der Waals surface area contributed by atoms with E-state index < -0.39 is 0 Å². The minimum Gasteiger partial charge on any atom is -0.324 e. The number of rotatable bonds is 3. The molecule has 0 amide bonds. The summed E-state index contributed by atoms with van der Waals surface area (Å²) in [4.78, 5) is 16.7. The van der Waals surface area contributed by atoms with Gasteiger partial charge in [-0.25, -0.2) is 4.79 Å². The van der Waals surface area contributed by atoms with Crippen molar-refractivity contribution >= 4 is 27.0 Å². The first kappa shape index (κ1) is 13.1. The molecule has 0 bridgehead atoms. The Hall–Kier alpha value is -1.85. The van der Waals surface area contributed by atoms with Crippen LogP contribution in [-0.4, -0.2) is 9.97 Å². The molecule has 3 aromatic rings. The van der Waals surface area contributed by atoms with Crippen molar-refractivity contribution in [3.8, 4) is 0 Å². The number of hydrogen-bond donors (Lipinski definition) is 3. The van der Waals surface area contributed by atoms with Crippen molar-refractivity contribution in [2.75, 3.05) is 0 Å². The predicted octanol–water partition coefficient (Wildman–Crippen LogP) is 2.86. The molecule has 4 N–H and O–H groups in total. The Bertz CT molecular complexity index is 806. The van der Waals surface area contributed by atoms with Crippen molar-refractivity contribution in [3.63, 3.8) is 0 Å². The minimum atomic E-state index is -0.197. The number of fused-ring (bicyclic) bond motifs is 1. The van der Waals surface area contributed by atoms with Gasteiger partial charge in [0.15, 0.2) is 0 Å². The highest BCUT2D eigenvalue weighted by molar-refractivity contribution is 9.10. The lowest BCUT2D eigenvalue weighted by atomic mass is 9.99. The van der Waals surface area contributed by atoms with Crippen molar-refractivity contribution in [1.82, 2.24) is 9.97 Å². The van der Waals surface area contributed by atoms with Gasteiger partial charge in [-0.15, -0.1) is 0 Å². The molecule has 1 aromatic heterocycles. The second-order valence-electron chi connectivity index (χ2n) is 4.82.